The van der Waals surface area contributed by atoms with Crippen molar-refractivity contribution in [1.29, 1.82) is 0 Å². The minimum absolute atomic E-state index is 0.456. The molecule has 2 N–H and O–H groups in total. The van der Waals surface area contributed by atoms with Crippen LogP contribution >= 0.6 is 11.8 Å². The summed E-state index contributed by atoms with van der Waals surface area (Å²) in [4.78, 5) is 0. The monoisotopic (exact) mass is 305 g/mol. The van der Waals surface area contributed by atoms with Crippen molar-refractivity contribution < 1.29 is 4.74 Å². The van der Waals surface area contributed by atoms with Gasteiger partial charge in [0.2, 0.25) is 5.16 Å². The molecule has 1 heterocycles. The van der Waals surface area contributed by atoms with E-state index in [2.05, 4.69) is 15.5 Å². The molecule has 1 aromatic heterocycles. The number of methoxy groups -OCH3 is 1. The van der Waals surface area contributed by atoms with Crippen molar-refractivity contribution in [2.24, 2.45) is 0 Å². The van der Waals surface area contributed by atoms with Crippen LogP contribution in [0.15, 0.2) is 23.4 Å². The van der Waals surface area contributed by atoms with E-state index in [0.29, 0.717) is 11.7 Å². The average Bonchev–Trinajstić information content (AvgIpc) is 3.15. The number of nitrogens with zero attached hydrogens (tertiary/aromatic N) is 4. The van der Waals surface area contributed by atoms with E-state index in [0.717, 1.165) is 22.2 Å². The molecule has 0 amide bonds. The first-order valence-corrected chi connectivity index (χ1v) is 8.09. The predicted molar refractivity (Wildman–Crippen MR) is 82.3 cm³/mol. The topological polar surface area (TPSA) is 78.8 Å². The fourth-order valence-electron chi connectivity index (χ4n) is 2.69. The van der Waals surface area contributed by atoms with Gasteiger partial charge >= 0.3 is 0 Å². The van der Waals surface area contributed by atoms with Gasteiger partial charge < -0.3 is 10.5 Å². The van der Waals surface area contributed by atoms with Gasteiger partial charge in [-0.05, 0) is 41.0 Å². The number of benzene rings is 1. The summed E-state index contributed by atoms with van der Waals surface area (Å²) in [5.74, 6) is 1.55. The molecule has 0 bridgehead atoms. The van der Waals surface area contributed by atoms with Gasteiger partial charge in [0.15, 0.2) is 0 Å². The first kappa shape index (κ1) is 14.2. The molecule has 1 aliphatic carbocycles. The van der Waals surface area contributed by atoms with E-state index < -0.39 is 0 Å². The summed E-state index contributed by atoms with van der Waals surface area (Å²) in [6, 6.07) is 6.22. The number of rotatable bonds is 5. The van der Waals surface area contributed by atoms with Gasteiger partial charge in [-0.25, -0.2) is 4.68 Å². The number of hydrogen-bond donors (Lipinski definition) is 1. The molecule has 0 unspecified atom stereocenters. The van der Waals surface area contributed by atoms with Crippen molar-refractivity contribution in [3.05, 3.63) is 23.8 Å². The summed E-state index contributed by atoms with van der Waals surface area (Å²) in [7, 11) is 1.65. The van der Waals surface area contributed by atoms with E-state index in [1.807, 2.05) is 22.9 Å². The Morgan fingerprint density at radius 3 is 2.90 bits per heavy atom. The van der Waals surface area contributed by atoms with Crippen LogP contribution in [-0.4, -0.2) is 27.3 Å². The fourth-order valence-corrected chi connectivity index (χ4v) is 3.57. The van der Waals surface area contributed by atoms with E-state index in [9.17, 15) is 0 Å². The highest BCUT2D eigenvalue weighted by molar-refractivity contribution is 7.98. The van der Waals surface area contributed by atoms with Crippen molar-refractivity contribution in [2.45, 2.75) is 42.6 Å². The Kier molecular flexibility index (Phi) is 4.28. The molecular weight excluding hydrogens is 286 g/mol. The number of tetrazole rings is 1. The second kappa shape index (κ2) is 6.34. The zero-order valence-electron chi connectivity index (χ0n) is 12.0. The van der Waals surface area contributed by atoms with E-state index in [-0.39, 0.29) is 0 Å². The van der Waals surface area contributed by atoms with Gasteiger partial charge in [-0.3, -0.25) is 0 Å². The summed E-state index contributed by atoms with van der Waals surface area (Å²) in [6.45, 7) is 0. The normalized spacial score (nSPS) is 15.5. The molecule has 0 radical (unpaired) electrons. The van der Waals surface area contributed by atoms with Crippen molar-refractivity contribution in [2.75, 3.05) is 12.8 Å². The lowest BCUT2D eigenvalue weighted by molar-refractivity contribution is 0.414. The Bertz CT molecular complexity index is 609. The van der Waals surface area contributed by atoms with Gasteiger partial charge in [-0.1, -0.05) is 24.6 Å². The summed E-state index contributed by atoms with van der Waals surface area (Å²) >= 11 is 1.64. The number of aromatic nitrogens is 4. The van der Waals surface area contributed by atoms with E-state index in [1.165, 1.54) is 25.7 Å². The quantitative estimate of drug-likeness (QED) is 0.676. The SMILES string of the molecule is COc1cc(N)cc(CSc2nnnn2C2CCCC2)c1. The zero-order chi connectivity index (χ0) is 14.7. The fraction of sp³-hybridized carbons (Fsp3) is 0.500. The van der Waals surface area contributed by atoms with Crippen molar-refractivity contribution in [3.8, 4) is 5.75 Å². The summed E-state index contributed by atoms with van der Waals surface area (Å²) in [5.41, 5.74) is 7.70. The number of nitrogen functional groups attached to an aromatic ring is 1. The molecule has 1 saturated carbocycles. The summed E-state index contributed by atoms with van der Waals surface area (Å²) in [5, 5.41) is 13.0. The van der Waals surface area contributed by atoms with Crippen LogP contribution in [0.5, 0.6) is 5.75 Å². The molecule has 1 aliphatic rings. The van der Waals surface area contributed by atoms with Gasteiger partial charge in [0.25, 0.3) is 0 Å². The lowest BCUT2D eigenvalue weighted by Crippen LogP contribution is -2.08. The molecular formula is C14H19N5OS. The molecule has 7 heteroatoms. The molecule has 0 aliphatic heterocycles. The third-order valence-corrected chi connectivity index (χ3v) is 4.73. The Morgan fingerprint density at radius 2 is 2.14 bits per heavy atom. The third-order valence-electron chi connectivity index (χ3n) is 3.73. The molecule has 6 nitrogen and oxygen atoms in total. The second-order valence-corrected chi connectivity index (χ2v) is 6.19. The van der Waals surface area contributed by atoms with Crippen LogP contribution in [0.1, 0.15) is 37.3 Å². The predicted octanol–water partition coefficient (Wildman–Crippen LogP) is 2.67. The minimum Gasteiger partial charge on any atom is -0.497 e. The van der Waals surface area contributed by atoms with Crippen molar-refractivity contribution in [3.63, 3.8) is 0 Å². The number of anilines is 1. The smallest absolute Gasteiger partial charge is 0.209 e. The summed E-state index contributed by atoms with van der Waals surface area (Å²) < 4.78 is 7.22. The molecule has 1 fully saturated rings. The van der Waals surface area contributed by atoms with Crippen LogP contribution in [0.25, 0.3) is 0 Å². The first-order chi connectivity index (χ1) is 10.3. The lowest BCUT2D eigenvalue weighted by atomic mass is 10.2. The lowest BCUT2D eigenvalue weighted by Gasteiger charge is -2.11. The van der Waals surface area contributed by atoms with E-state index >= 15 is 0 Å². The van der Waals surface area contributed by atoms with Crippen molar-refractivity contribution >= 4 is 17.4 Å². The number of thioether (sulfide) groups is 1. The average molecular weight is 305 g/mol. The first-order valence-electron chi connectivity index (χ1n) is 7.10. The second-order valence-electron chi connectivity index (χ2n) is 5.25. The van der Waals surface area contributed by atoms with Crippen LogP contribution in [0.3, 0.4) is 0 Å². The Balaban J connectivity index is 1.70. The van der Waals surface area contributed by atoms with Crippen LogP contribution in [0.4, 0.5) is 5.69 Å². The highest BCUT2D eigenvalue weighted by Crippen LogP contribution is 2.32. The molecule has 21 heavy (non-hydrogen) atoms. The van der Waals surface area contributed by atoms with Crippen molar-refractivity contribution in [1.82, 2.24) is 20.2 Å². The molecule has 0 saturated heterocycles. The van der Waals surface area contributed by atoms with E-state index in [1.54, 1.807) is 18.9 Å². The van der Waals surface area contributed by atoms with Crippen LogP contribution in [-0.2, 0) is 5.75 Å². The highest BCUT2D eigenvalue weighted by atomic mass is 32.2. The summed E-state index contributed by atoms with van der Waals surface area (Å²) in [6.07, 6.45) is 4.87. The molecule has 0 spiro atoms. The Morgan fingerprint density at radius 1 is 1.33 bits per heavy atom. The zero-order valence-corrected chi connectivity index (χ0v) is 12.8. The van der Waals surface area contributed by atoms with Gasteiger partial charge in [0.05, 0.1) is 13.2 Å². The highest BCUT2D eigenvalue weighted by Gasteiger charge is 2.21. The van der Waals surface area contributed by atoms with Gasteiger partial charge in [-0.15, -0.1) is 5.10 Å². The number of ether oxygens (including phenoxy) is 1. The molecule has 112 valence electrons. The largest absolute Gasteiger partial charge is 0.497 e. The maximum atomic E-state index is 5.88. The standard InChI is InChI=1S/C14H19N5OS/c1-20-13-7-10(6-11(15)8-13)9-21-14-16-17-18-19(14)12-4-2-3-5-12/h6-8,12H,2-5,9,15H2,1H3. The van der Waals surface area contributed by atoms with Gasteiger partial charge in [0.1, 0.15) is 5.75 Å². The van der Waals surface area contributed by atoms with Gasteiger partial charge in [0, 0.05) is 17.5 Å². The maximum absolute atomic E-state index is 5.88. The number of hydrogen-bond acceptors (Lipinski definition) is 6. The Labute approximate surface area is 128 Å². The minimum atomic E-state index is 0.456. The third kappa shape index (κ3) is 3.29. The van der Waals surface area contributed by atoms with Gasteiger partial charge in [-0.2, -0.15) is 0 Å². The Hall–Kier alpha value is -1.76. The van der Waals surface area contributed by atoms with Crippen LogP contribution < -0.4 is 10.5 Å². The number of nitrogens with two attached hydrogens (primary N) is 1. The van der Waals surface area contributed by atoms with E-state index in [4.69, 9.17) is 10.5 Å². The maximum Gasteiger partial charge on any atom is 0.209 e. The van der Waals surface area contributed by atoms with Crippen LogP contribution in [0, 0.1) is 0 Å². The van der Waals surface area contributed by atoms with Crippen LogP contribution in [0.2, 0.25) is 0 Å². The molecule has 3 rings (SSSR count). The molecule has 0 atom stereocenters. The molecule has 1 aromatic carbocycles. The molecule has 2 aromatic rings.